The van der Waals surface area contributed by atoms with Crippen LogP contribution >= 0.6 is 0 Å². The highest BCUT2D eigenvalue weighted by Gasteiger charge is 2.13. The van der Waals surface area contributed by atoms with E-state index in [4.69, 9.17) is 0 Å². The van der Waals surface area contributed by atoms with Crippen LogP contribution in [0, 0.1) is 0 Å². The second-order valence-corrected chi connectivity index (χ2v) is 3.91. The summed E-state index contributed by atoms with van der Waals surface area (Å²) in [6.45, 7) is 2.03. The molecule has 0 spiro atoms. The first kappa shape index (κ1) is 12.3. The van der Waals surface area contributed by atoms with Gasteiger partial charge in [0.1, 0.15) is 0 Å². The zero-order valence-electron chi connectivity index (χ0n) is 10.3. The van der Waals surface area contributed by atoms with E-state index in [0.29, 0.717) is 0 Å². The summed E-state index contributed by atoms with van der Waals surface area (Å²) in [5, 5.41) is 15.7. The van der Waals surface area contributed by atoms with E-state index in [0.717, 1.165) is 11.3 Å². The number of carbonyl (C=O) groups is 1. The number of benzene rings is 1. The highest BCUT2D eigenvalue weighted by Crippen LogP contribution is 2.22. The summed E-state index contributed by atoms with van der Waals surface area (Å²) in [6.07, 6.45) is 1.39. The van der Waals surface area contributed by atoms with Gasteiger partial charge in [0.15, 0.2) is 5.69 Å². The molecule has 0 fully saturated rings. The molecule has 0 radical (unpaired) electrons. The molecular weight excluding hydrogens is 230 g/mol. The highest BCUT2D eigenvalue weighted by atomic mass is 16.2. The summed E-state index contributed by atoms with van der Waals surface area (Å²) in [6, 6.07) is 7.80. The third kappa shape index (κ3) is 2.54. The topological polar surface area (TPSA) is 82.7 Å². The van der Waals surface area contributed by atoms with Crippen molar-refractivity contribution in [2.45, 2.75) is 13.0 Å². The molecule has 2 aromatic rings. The first-order chi connectivity index (χ1) is 8.72. The monoisotopic (exact) mass is 245 g/mol. The molecule has 1 heterocycles. The molecular formula is C12H15N5O. The lowest BCUT2D eigenvalue weighted by atomic mass is 10.1. The van der Waals surface area contributed by atoms with Crippen molar-refractivity contribution in [2.24, 2.45) is 0 Å². The molecule has 0 aliphatic carbocycles. The van der Waals surface area contributed by atoms with Crippen LogP contribution in [-0.2, 0) is 0 Å². The molecule has 6 nitrogen and oxygen atoms in total. The Kier molecular flexibility index (Phi) is 3.69. The van der Waals surface area contributed by atoms with Crippen LogP contribution in [0.5, 0.6) is 0 Å². The molecule has 94 valence electrons. The van der Waals surface area contributed by atoms with Crippen molar-refractivity contribution in [1.29, 1.82) is 0 Å². The van der Waals surface area contributed by atoms with E-state index in [9.17, 15) is 4.79 Å². The molecule has 0 bridgehead atoms. The van der Waals surface area contributed by atoms with Gasteiger partial charge in [-0.2, -0.15) is 15.4 Å². The van der Waals surface area contributed by atoms with Crippen LogP contribution in [-0.4, -0.2) is 28.4 Å². The van der Waals surface area contributed by atoms with Crippen LogP contribution in [0.3, 0.4) is 0 Å². The minimum atomic E-state index is -0.278. The van der Waals surface area contributed by atoms with Crippen molar-refractivity contribution < 1.29 is 4.79 Å². The zero-order valence-corrected chi connectivity index (χ0v) is 10.3. The Balaban J connectivity index is 2.21. The number of nitrogens with one attached hydrogen (secondary N) is 3. The summed E-state index contributed by atoms with van der Waals surface area (Å²) in [5.74, 6) is -0.278. The lowest BCUT2D eigenvalue weighted by Gasteiger charge is -2.15. The smallest absolute Gasteiger partial charge is 0.277 e. The Hall–Kier alpha value is -2.21. The average Bonchev–Trinajstić information content (AvgIpc) is 2.92. The van der Waals surface area contributed by atoms with Gasteiger partial charge in [-0.25, -0.2) is 0 Å². The molecule has 2 rings (SSSR count). The number of amides is 1. The van der Waals surface area contributed by atoms with Gasteiger partial charge in [0, 0.05) is 11.7 Å². The number of hydrogen-bond donors (Lipinski definition) is 3. The van der Waals surface area contributed by atoms with Crippen LogP contribution in [0.1, 0.15) is 29.0 Å². The molecule has 1 unspecified atom stereocenters. The van der Waals surface area contributed by atoms with E-state index >= 15 is 0 Å². The second kappa shape index (κ2) is 5.42. The van der Waals surface area contributed by atoms with E-state index in [-0.39, 0.29) is 17.6 Å². The Morgan fingerprint density at radius 2 is 2.17 bits per heavy atom. The van der Waals surface area contributed by atoms with Gasteiger partial charge in [0.25, 0.3) is 5.91 Å². The van der Waals surface area contributed by atoms with Crippen molar-refractivity contribution >= 4 is 11.6 Å². The number of H-pyrrole nitrogens is 1. The maximum Gasteiger partial charge on any atom is 0.277 e. The summed E-state index contributed by atoms with van der Waals surface area (Å²) >= 11 is 0. The number of para-hydroxylation sites is 1. The van der Waals surface area contributed by atoms with Gasteiger partial charge in [-0.1, -0.05) is 18.2 Å². The molecule has 18 heavy (non-hydrogen) atoms. The number of rotatable bonds is 4. The predicted octanol–water partition coefficient (Wildman–Crippen LogP) is 1.34. The number of nitrogens with zero attached hydrogens (tertiary/aromatic N) is 2. The first-order valence-electron chi connectivity index (χ1n) is 5.65. The number of hydrogen-bond acceptors (Lipinski definition) is 4. The SMILES string of the molecule is CNC(C)c1ccccc1NC(=O)c1cn[nH]n1. The third-order valence-corrected chi connectivity index (χ3v) is 2.76. The highest BCUT2D eigenvalue weighted by molar-refractivity contribution is 6.03. The lowest BCUT2D eigenvalue weighted by molar-refractivity contribution is 0.102. The van der Waals surface area contributed by atoms with Gasteiger partial charge in [-0.15, -0.1) is 0 Å². The number of aromatic nitrogens is 3. The Morgan fingerprint density at radius 3 is 2.83 bits per heavy atom. The third-order valence-electron chi connectivity index (χ3n) is 2.76. The summed E-state index contributed by atoms with van der Waals surface area (Å²) in [7, 11) is 1.88. The molecule has 6 heteroatoms. The van der Waals surface area contributed by atoms with Crippen molar-refractivity contribution in [3.05, 3.63) is 41.7 Å². The Morgan fingerprint density at radius 1 is 1.39 bits per heavy atom. The molecule has 1 aromatic carbocycles. The fourth-order valence-electron chi connectivity index (χ4n) is 1.64. The number of anilines is 1. The van der Waals surface area contributed by atoms with Crippen LogP contribution in [0.4, 0.5) is 5.69 Å². The Bertz CT molecular complexity index is 523. The van der Waals surface area contributed by atoms with Crippen LogP contribution in [0.15, 0.2) is 30.5 Å². The first-order valence-corrected chi connectivity index (χ1v) is 5.65. The maximum absolute atomic E-state index is 11.9. The fraction of sp³-hybridized carbons (Fsp3) is 0.250. The maximum atomic E-state index is 11.9. The average molecular weight is 245 g/mol. The van der Waals surface area contributed by atoms with E-state index in [1.54, 1.807) is 0 Å². The van der Waals surface area contributed by atoms with Gasteiger partial charge in [0.2, 0.25) is 0 Å². The molecule has 1 amide bonds. The summed E-state index contributed by atoms with van der Waals surface area (Å²) < 4.78 is 0. The minimum absolute atomic E-state index is 0.152. The van der Waals surface area contributed by atoms with Crippen LogP contribution < -0.4 is 10.6 Å². The zero-order chi connectivity index (χ0) is 13.0. The Labute approximate surface area is 105 Å². The molecule has 0 saturated heterocycles. The van der Waals surface area contributed by atoms with Crippen LogP contribution in [0.2, 0.25) is 0 Å². The quantitative estimate of drug-likeness (QED) is 0.759. The molecule has 0 aliphatic rings. The van der Waals surface area contributed by atoms with E-state index in [1.165, 1.54) is 6.20 Å². The van der Waals surface area contributed by atoms with Gasteiger partial charge < -0.3 is 10.6 Å². The largest absolute Gasteiger partial charge is 0.320 e. The molecule has 0 saturated carbocycles. The second-order valence-electron chi connectivity index (χ2n) is 3.91. The standard InChI is InChI=1S/C12H15N5O/c1-8(13-2)9-5-3-4-6-10(9)15-12(18)11-7-14-17-16-11/h3-8,13H,1-2H3,(H,15,18)(H,14,16,17). The van der Waals surface area contributed by atoms with Gasteiger partial charge in [-0.05, 0) is 25.6 Å². The van der Waals surface area contributed by atoms with Gasteiger partial charge in [0.05, 0.1) is 6.20 Å². The fourth-order valence-corrected chi connectivity index (χ4v) is 1.64. The minimum Gasteiger partial charge on any atom is -0.320 e. The van der Waals surface area contributed by atoms with Crippen molar-refractivity contribution in [2.75, 3.05) is 12.4 Å². The molecule has 1 atom stereocenters. The van der Waals surface area contributed by atoms with Gasteiger partial charge >= 0.3 is 0 Å². The molecule has 3 N–H and O–H groups in total. The summed E-state index contributed by atoms with van der Waals surface area (Å²) in [4.78, 5) is 11.9. The van der Waals surface area contributed by atoms with Crippen LogP contribution in [0.25, 0.3) is 0 Å². The van der Waals surface area contributed by atoms with E-state index in [1.807, 2.05) is 38.2 Å². The van der Waals surface area contributed by atoms with E-state index in [2.05, 4.69) is 26.0 Å². The molecule has 0 aliphatic heterocycles. The normalized spacial score (nSPS) is 12.1. The summed E-state index contributed by atoms with van der Waals surface area (Å²) in [5.41, 5.74) is 2.06. The molecule has 1 aromatic heterocycles. The number of carbonyl (C=O) groups excluding carboxylic acids is 1. The van der Waals surface area contributed by atoms with Crippen molar-refractivity contribution in [1.82, 2.24) is 20.7 Å². The number of aromatic amines is 1. The van der Waals surface area contributed by atoms with Gasteiger partial charge in [-0.3, -0.25) is 4.79 Å². The lowest BCUT2D eigenvalue weighted by Crippen LogP contribution is -2.18. The van der Waals surface area contributed by atoms with Crippen molar-refractivity contribution in [3.8, 4) is 0 Å². The predicted molar refractivity (Wildman–Crippen MR) is 68.3 cm³/mol. The van der Waals surface area contributed by atoms with E-state index < -0.39 is 0 Å². The van der Waals surface area contributed by atoms with Crippen molar-refractivity contribution in [3.63, 3.8) is 0 Å².